The number of ether oxygens (including phenoxy) is 1. The van der Waals surface area contributed by atoms with E-state index in [4.69, 9.17) is 16.7 Å². The second-order valence-corrected chi connectivity index (χ2v) is 5.77. The fraction of sp³-hybridized carbons (Fsp3) is 0.300. The molecule has 6 nitrogen and oxygen atoms in total. The van der Waals surface area contributed by atoms with Crippen molar-refractivity contribution in [2.45, 2.75) is 24.5 Å². The van der Waals surface area contributed by atoms with Gasteiger partial charge in [0.2, 0.25) is 10.0 Å². The van der Waals surface area contributed by atoms with Crippen molar-refractivity contribution in [1.82, 2.24) is 4.72 Å². The zero-order chi connectivity index (χ0) is 15.5. The molecule has 1 unspecified atom stereocenters. The third kappa shape index (κ3) is 4.29. The molecule has 0 bridgehead atoms. The molecule has 0 amide bonds. The van der Waals surface area contributed by atoms with Crippen molar-refractivity contribution in [3.63, 3.8) is 0 Å². The number of sulfonamides is 1. The highest BCUT2D eigenvalue weighted by Gasteiger charge is 2.22. The molecule has 0 fully saturated rings. The molecule has 0 aliphatic rings. The van der Waals surface area contributed by atoms with Crippen LogP contribution in [-0.2, 0) is 14.8 Å². The van der Waals surface area contributed by atoms with Gasteiger partial charge in [-0.1, -0.05) is 11.6 Å². The Kier molecular flexibility index (Phi) is 5.26. The summed E-state index contributed by atoms with van der Waals surface area (Å²) in [6.07, 6.45) is 0. The first kappa shape index (κ1) is 16.6. The summed E-state index contributed by atoms with van der Waals surface area (Å²) in [4.78, 5) is 10.2. The molecule has 2 N–H and O–H groups in total. The minimum absolute atomic E-state index is 0.337. The molecule has 1 aromatic carbocycles. The van der Waals surface area contributed by atoms with Gasteiger partial charge in [-0.25, -0.2) is 8.42 Å². The molecular weight excluding hydrogens is 320 g/mol. The van der Waals surface area contributed by atoms with Gasteiger partial charge in [0.05, 0.1) is 9.92 Å². The third-order valence-electron chi connectivity index (χ3n) is 2.13. The SMILES string of the molecule is CC(NS(=O)(=O)c1ccc(OC(F)F)c(Cl)c1)C(=O)O. The fourth-order valence-corrected chi connectivity index (χ4v) is 2.70. The first-order valence-electron chi connectivity index (χ1n) is 5.13. The third-order valence-corrected chi connectivity index (χ3v) is 3.97. The topological polar surface area (TPSA) is 92.7 Å². The zero-order valence-electron chi connectivity index (χ0n) is 10.0. The van der Waals surface area contributed by atoms with Crippen LogP contribution in [0.15, 0.2) is 23.1 Å². The number of carbonyl (C=O) groups is 1. The summed E-state index contributed by atoms with van der Waals surface area (Å²) < 4.78 is 53.6. The van der Waals surface area contributed by atoms with Crippen LogP contribution in [0.2, 0.25) is 5.02 Å². The Bertz CT molecular complexity index is 608. The van der Waals surface area contributed by atoms with Gasteiger partial charge in [0.25, 0.3) is 0 Å². The lowest BCUT2D eigenvalue weighted by Gasteiger charge is -2.12. The number of hydrogen-bond donors (Lipinski definition) is 2. The number of carboxylic acid groups (broad SMARTS) is 1. The Hall–Kier alpha value is -1.45. The highest BCUT2D eigenvalue weighted by Crippen LogP contribution is 2.28. The smallest absolute Gasteiger partial charge is 0.387 e. The van der Waals surface area contributed by atoms with E-state index >= 15 is 0 Å². The van der Waals surface area contributed by atoms with E-state index in [9.17, 15) is 22.0 Å². The molecule has 0 radical (unpaired) electrons. The summed E-state index contributed by atoms with van der Waals surface area (Å²) >= 11 is 5.61. The molecular formula is C10H10ClF2NO5S. The normalized spacial score (nSPS) is 13.2. The number of aliphatic carboxylic acids is 1. The van der Waals surface area contributed by atoms with Crippen molar-refractivity contribution in [3.8, 4) is 5.75 Å². The first-order chi connectivity index (χ1) is 9.13. The van der Waals surface area contributed by atoms with E-state index in [1.807, 2.05) is 4.72 Å². The van der Waals surface area contributed by atoms with E-state index in [-0.39, 0.29) is 15.7 Å². The molecule has 0 aromatic heterocycles. The molecule has 0 saturated carbocycles. The van der Waals surface area contributed by atoms with E-state index in [0.717, 1.165) is 25.1 Å². The van der Waals surface area contributed by atoms with Gasteiger partial charge in [-0.15, -0.1) is 0 Å². The number of hydrogen-bond acceptors (Lipinski definition) is 4. The molecule has 0 aliphatic heterocycles. The summed E-state index contributed by atoms with van der Waals surface area (Å²) in [5.74, 6) is -1.75. The first-order valence-corrected chi connectivity index (χ1v) is 6.99. The van der Waals surface area contributed by atoms with E-state index < -0.39 is 28.6 Å². The van der Waals surface area contributed by atoms with Crippen LogP contribution >= 0.6 is 11.6 Å². The molecule has 0 saturated heterocycles. The average molecular weight is 330 g/mol. The van der Waals surface area contributed by atoms with Gasteiger partial charge >= 0.3 is 12.6 Å². The van der Waals surface area contributed by atoms with Crippen molar-refractivity contribution in [3.05, 3.63) is 23.2 Å². The van der Waals surface area contributed by atoms with Crippen molar-refractivity contribution in [2.24, 2.45) is 0 Å². The second-order valence-electron chi connectivity index (χ2n) is 3.65. The van der Waals surface area contributed by atoms with E-state index in [1.165, 1.54) is 0 Å². The summed E-state index contributed by atoms with van der Waals surface area (Å²) in [5, 5.41) is 8.30. The minimum Gasteiger partial charge on any atom is -0.480 e. The van der Waals surface area contributed by atoms with Crippen molar-refractivity contribution >= 4 is 27.6 Å². The van der Waals surface area contributed by atoms with Crippen molar-refractivity contribution < 1.29 is 31.8 Å². The van der Waals surface area contributed by atoms with Gasteiger partial charge in [-0.05, 0) is 25.1 Å². The quantitative estimate of drug-likeness (QED) is 0.828. The van der Waals surface area contributed by atoms with Gasteiger partial charge in [0, 0.05) is 0 Å². The van der Waals surface area contributed by atoms with E-state index in [2.05, 4.69) is 4.74 Å². The van der Waals surface area contributed by atoms with Crippen molar-refractivity contribution in [1.29, 1.82) is 0 Å². The Labute approximate surface area is 118 Å². The van der Waals surface area contributed by atoms with Gasteiger partial charge in [-0.2, -0.15) is 13.5 Å². The van der Waals surface area contributed by atoms with E-state index in [1.54, 1.807) is 0 Å². The number of halogens is 3. The maximum Gasteiger partial charge on any atom is 0.387 e. The van der Waals surface area contributed by atoms with Gasteiger partial charge in [0.15, 0.2) is 0 Å². The number of benzene rings is 1. The van der Waals surface area contributed by atoms with Crippen LogP contribution in [0.25, 0.3) is 0 Å². The van der Waals surface area contributed by atoms with Crippen LogP contribution < -0.4 is 9.46 Å². The average Bonchev–Trinajstić information content (AvgIpc) is 2.30. The summed E-state index contributed by atoms with van der Waals surface area (Å²) in [7, 11) is -4.13. The lowest BCUT2D eigenvalue weighted by molar-refractivity contribution is -0.138. The van der Waals surface area contributed by atoms with Crippen LogP contribution in [0, 0.1) is 0 Å². The molecule has 0 aliphatic carbocycles. The van der Waals surface area contributed by atoms with Crippen LogP contribution in [0.5, 0.6) is 5.75 Å². The molecule has 1 atom stereocenters. The van der Waals surface area contributed by atoms with Crippen molar-refractivity contribution in [2.75, 3.05) is 0 Å². The highest BCUT2D eigenvalue weighted by atomic mass is 35.5. The summed E-state index contributed by atoms with van der Waals surface area (Å²) in [6, 6.07) is 1.46. The Balaban J connectivity index is 3.03. The zero-order valence-corrected chi connectivity index (χ0v) is 11.6. The molecule has 0 spiro atoms. The van der Waals surface area contributed by atoms with Crippen LogP contribution in [0.1, 0.15) is 6.92 Å². The Morgan fingerprint density at radius 3 is 2.50 bits per heavy atom. The highest BCUT2D eigenvalue weighted by molar-refractivity contribution is 7.89. The van der Waals surface area contributed by atoms with Crippen LogP contribution in [-0.4, -0.2) is 32.1 Å². The molecule has 1 aromatic rings. The fourth-order valence-electron chi connectivity index (χ4n) is 1.19. The number of rotatable bonds is 6. The largest absolute Gasteiger partial charge is 0.480 e. The predicted molar refractivity (Wildman–Crippen MR) is 65.5 cm³/mol. The monoisotopic (exact) mass is 329 g/mol. The molecule has 0 heterocycles. The number of alkyl halides is 2. The van der Waals surface area contributed by atoms with Gasteiger partial charge < -0.3 is 9.84 Å². The predicted octanol–water partition coefficient (Wildman–Crippen LogP) is 1.69. The summed E-state index contributed by atoms with van der Waals surface area (Å²) in [5.41, 5.74) is 0. The van der Waals surface area contributed by atoms with E-state index in [0.29, 0.717) is 0 Å². The second kappa shape index (κ2) is 6.33. The molecule has 1 rings (SSSR count). The standard InChI is InChI=1S/C10H10ClF2NO5S/c1-5(9(15)16)14-20(17,18)6-2-3-8(7(11)4-6)19-10(12)13/h2-5,10,14H,1H3,(H,15,16). The number of carboxylic acids is 1. The van der Waals surface area contributed by atoms with Gasteiger partial charge in [0.1, 0.15) is 11.8 Å². The molecule has 112 valence electrons. The molecule has 10 heteroatoms. The maximum atomic E-state index is 12.0. The van der Waals surface area contributed by atoms with Gasteiger partial charge in [-0.3, -0.25) is 4.79 Å². The molecule has 20 heavy (non-hydrogen) atoms. The van der Waals surface area contributed by atoms with Crippen LogP contribution in [0.4, 0.5) is 8.78 Å². The van der Waals surface area contributed by atoms with Crippen LogP contribution in [0.3, 0.4) is 0 Å². The number of nitrogens with one attached hydrogen (secondary N) is 1. The Morgan fingerprint density at radius 2 is 2.05 bits per heavy atom. The summed E-state index contributed by atoms with van der Waals surface area (Å²) in [6.45, 7) is -1.96. The minimum atomic E-state index is -4.13. The maximum absolute atomic E-state index is 12.0. The Morgan fingerprint density at radius 1 is 1.45 bits per heavy atom. The lowest BCUT2D eigenvalue weighted by Crippen LogP contribution is -2.38. The lowest BCUT2D eigenvalue weighted by atomic mass is 10.3.